The van der Waals surface area contributed by atoms with Gasteiger partial charge in [-0.15, -0.1) is 11.3 Å². The molecule has 0 N–H and O–H groups in total. The molecule has 2 atom stereocenters. The molecule has 3 heterocycles. The van der Waals surface area contributed by atoms with E-state index in [4.69, 9.17) is 4.74 Å². The van der Waals surface area contributed by atoms with Crippen molar-refractivity contribution in [1.29, 1.82) is 0 Å². The van der Waals surface area contributed by atoms with Gasteiger partial charge < -0.3 is 9.64 Å². The van der Waals surface area contributed by atoms with E-state index >= 15 is 0 Å². The summed E-state index contributed by atoms with van der Waals surface area (Å²) in [6.07, 6.45) is 0.521. The van der Waals surface area contributed by atoms with Crippen LogP contribution < -0.4 is 0 Å². The number of ether oxygens (including phenoxy) is 1. The average Bonchev–Trinajstić information content (AvgIpc) is 3.14. The summed E-state index contributed by atoms with van der Waals surface area (Å²) < 4.78 is 5.86. The number of fused-ring (bicyclic) bond motifs is 1. The minimum absolute atomic E-state index is 0.235. The number of nitrogens with zero attached hydrogens (tertiary/aromatic N) is 2. The normalized spacial score (nSPS) is 24.6. The number of carbonyl (C=O) groups is 1. The standard InChI is InChI=1S/C19H22N2O2S/c22-19(11-17-7-4-10-24-17)20-8-9-21-16(12-20)13-23-14-18(21)15-5-2-1-3-6-15/h1-7,10,16,18H,8-9,11-14H2/t16-,18-/m1/s1. The summed E-state index contributed by atoms with van der Waals surface area (Å²) in [5, 5.41) is 2.03. The maximum Gasteiger partial charge on any atom is 0.227 e. The maximum atomic E-state index is 12.6. The molecule has 2 aliphatic rings. The molecule has 2 aliphatic heterocycles. The van der Waals surface area contributed by atoms with Gasteiger partial charge in [-0.25, -0.2) is 0 Å². The Kier molecular flexibility index (Phi) is 4.65. The molecular weight excluding hydrogens is 320 g/mol. The minimum atomic E-state index is 0.235. The summed E-state index contributed by atoms with van der Waals surface area (Å²) in [7, 11) is 0. The van der Waals surface area contributed by atoms with Crippen molar-refractivity contribution in [1.82, 2.24) is 9.80 Å². The third-order valence-corrected chi connectivity index (χ3v) is 5.83. The fraction of sp³-hybridized carbons (Fsp3) is 0.421. The highest BCUT2D eigenvalue weighted by Gasteiger charge is 2.37. The van der Waals surface area contributed by atoms with Crippen molar-refractivity contribution < 1.29 is 9.53 Å². The van der Waals surface area contributed by atoms with E-state index in [1.165, 1.54) is 5.56 Å². The van der Waals surface area contributed by atoms with E-state index in [2.05, 4.69) is 29.2 Å². The third kappa shape index (κ3) is 3.24. The van der Waals surface area contributed by atoms with Crippen LogP contribution >= 0.6 is 11.3 Å². The van der Waals surface area contributed by atoms with Gasteiger partial charge in [0.1, 0.15) is 0 Å². The van der Waals surface area contributed by atoms with Crippen molar-refractivity contribution >= 4 is 17.2 Å². The highest BCUT2D eigenvalue weighted by atomic mass is 32.1. The monoisotopic (exact) mass is 342 g/mol. The molecular formula is C19H22N2O2S. The molecule has 0 spiro atoms. The molecule has 2 saturated heterocycles. The minimum Gasteiger partial charge on any atom is -0.378 e. The predicted octanol–water partition coefficient (Wildman–Crippen LogP) is 2.57. The van der Waals surface area contributed by atoms with Crippen LogP contribution in [0, 0.1) is 0 Å². The molecule has 0 aliphatic carbocycles. The second-order valence-electron chi connectivity index (χ2n) is 6.45. The van der Waals surface area contributed by atoms with Crippen molar-refractivity contribution in [3.8, 4) is 0 Å². The Morgan fingerprint density at radius 3 is 2.79 bits per heavy atom. The summed E-state index contributed by atoms with van der Waals surface area (Å²) in [6.45, 7) is 3.96. The van der Waals surface area contributed by atoms with Crippen LogP contribution in [0.2, 0.25) is 0 Å². The van der Waals surface area contributed by atoms with E-state index in [9.17, 15) is 4.79 Å². The van der Waals surface area contributed by atoms with Crippen molar-refractivity contribution in [3.05, 3.63) is 58.3 Å². The Balaban J connectivity index is 1.43. The molecule has 0 saturated carbocycles. The predicted molar refractivity (Wildman–Crippen MR) is 95.1 cm³/mol. The summed E-state index contributed by atoms with van der Waals surface area (Å²) in [6, 6.07) is 15.2. The lowest BCUT2D eigenvalue weighted by Gasteiger charge is -2.48. The Morgan fingerprint density at radius 1 is 1.12 bits per heavy atom. The van der Waals surface area contributed by atoms with Crippen LogP contribution in [0.1, 0.15) is 16.5 Å². The first-order chi connectivity index (χ1) is 11.8. The molecule has 0 unspecified atom stereocenters. The van der Waals surface area contributed by atoms with E-state index in [1.807, 2.05) is 28.5 Å². The molecule has 0 radical (unpaired) electrons. The second-order valence-corrected chi connectivity index (χ2v) is 7.48. The Bertz CT molecular complexity index is 674. The van der Waals surface area contributed by atoms with Gasteiger partial charge in [-0.1, -0.05) is 36.4 Å². The van der Waals surface area contributed by atoms with Gasteiger partial charge in [-0.2, -0.15) is 0 Å². The van der Waals surface area contributed by atoms with Crippen molar-refractivity contribution in [3.63, 3.8) is 0 Å². The highest BCUT2D eigenvalue weighted by molar-refractivity contribution is 7.10. The molecule has 4 rings (SSSR count). The van der Waals surface area contributed by atoms with E-state index in [-0.39, 0.29) is 5.91 Å². The lowest BCUT2D eigenvalue weighted by Crippen LogP contribution is -2.60. The Hall–Kier alpha value is -1.69. The molecule has 1 aromatic heterocycles. The van der Waals surface area contributed by atoms with Crippen LogP contribution in [-0.4, -0.2) is 54.6 Å². The van der Waals surface area contributed by atoms with E-state index in [1.54, 1.807) is 11.3 Å². The first kappa shape index (κ1) is 15.8. The van der Waals surface area contributed by atoms with Crippen LogP contribution in [0.5, 0.6) is 0 Å². The van der Waals surface area contributed by atoms with Gasteiger partial charge in [0.2, 0.25) is 5.91 Å². The number of morpholine rings is 1. The number of amides is 1. The zero-order valence-corrected chi connectivity index (χ0v) is 14.5. The average molecular weight is 342 g/mol. The summed E-state index contributed by atoms with van der Waals surface area (Å²) in [5.74, 6) is 0.235. The fourth-order valence-corrected chi connectivity index (χ4v) is 4.40. The van der Waals surface area contributed by atoms with Crippen LogP contribution in [0.4, 0.5) is 0 Å². The lowest BCUT2D eigenvalue weighted by atomic mass is 10.00. The summed E-state index contributed by atoms with van der Waals surface area (Å²) >= 11 is 1.65. The zero-order valence-electron chi connectivity index (χ0n) is 13.6. The van der Waals surface area contributed by atoms with Gasteiger partial charge in [0.25, 0.3) is 0 Å². The summed E-state index contributed by atoms with van der Waals surface area (Å²) in [5.41, 5.74) is 1.31. The largest absolute Gasteiger partial charge is 0.378 e. The molecule has 4 nitrogen and oxygen atoms in total. The molecule has 5 heteroatoms. The van der Waals surface area contributed by atoms with Gasteiger partial charge in [0.15, 0.2) is 0 Å². The van der Waals surface area contributed by atoms with Crippen molar-refractivity contribution in [2.45, 2.75) is 18.5 Å². The van der Waals surface area contributed by atoms with E-state index < -0.39 is 0 Å². The Morgan fingerprint density at radius 2 is 2.00 bits per heavy atom. The topological polar surface area (TPSA) is 32.8 Å². The smallest absolute Gasteiger partial charge is 0.227 e. The molecule has 2 fully saturated rings. The molecule has 24 heavy (non-hydrogen) atoms. The molecule has 126 valence electrons. The number of carbonyl (C=O) groups excluding carboxylic acids is 1. The van der Waals surface area contributed by atoms with Gasteiger partial charge in [-0.05, 0) is 17.0 Å². The lowest BCUT2D eigenvalue weighted by molar-refractivity contribution is -0.139. The highest BCUT2D eigenvalue weighted by Crippen LogP contribution is 2.29. The van der Waals surface area contributed by atoms with Crippen LogP contribution in [0.25, 0.3) is 0 Å². The fourth-order valence-electron chi connectivity index (χ4n) is 3.70. The first-order valence-corrected chi connectivity index (χ1v) is 9.38. The number of thiophene rings is 1. The molecule has 1 amide bonds. The number of rotatable bonds is 3. The molecule has 2 aromatic rings. The zero-order chi connectivity index (χ0) is 16.4. The summed E-state index contributed by atoms with van der Waals surface area (Å²) in [4.78, 5) is 18.2. The van der Waals surface area contributed by atoms with Crippen LogP contribution in [-0.2, 0) is 16.0 Å². The van der Waals surface area contributed by atoms with Gasteiger partial charge in [0.05, 0.1) is 31.7 Å². The maximum absolute atomic E-state index is 12.6. The van der Waals surface area contributed by atoms with Gasteiger partial charge in [-0.3, -0.25) is 9.69 Å². The first-order valence-electron chi connectivity index (χ1n) is 8.50. The quantitative estimate of drug-likeness (QED) is 0.859. The van der Waals surface area contributed by atoms with Crippen molar-refractivity contribution in [2.24, 2.45) is 0 Å². The van der Waals surface area contributed by atoms with E-state index in [0.717, 1.165) is 31.1 Å². The van der Waals surface area contributed by atoms with Crippen LogP contribution in [0.3, 0.4) is 0 Å². The Labute approximate surface area is 146 Å². The number of hydrogen-bond acceptors (Lipinski definition) is 4. The van der Waals surface area contributed by atoms with Gasteiger partial charge >= 0.3 is 0 Å². The SMILES string of the molecule is O=C(Cc1cccs1)N1CCN2[C@@H](COC[C@@H]2c2ccccc2)C1. The molecule has 1 aromatic carbocycles. The van der Waals surface area contributed by atoms with Crippen molar-refractivity contribution in [2.75, 3.05) is 32.8 Å². The number of benzene rings is 1. The molecule has 0 bridgehead atoms. The number of hydrogen-bond donors (Lipinski definition) is 0. The van der Waals surface area contributed by atoms with Crippen LogP contribution in [0.15, 0.2) is 47.8 Å². The number of piperazine rings is 1. The van der Waals surface area contributed by atoms with Gasteiger partial charge in [0, 0.05) is 24.5 Å². The van der Waals surface area contributed by atoms with E-state index in [0.29, 0.717) is 25.1 Å². The second kappa shape index (κ2) is 7.05. The third-order valence-electron chi connectivity index (χ3n) is 4.96.